The fourth-order valence-electron chi connectivity index (χ4n) is 3.75. The van der Waals surface area contributed by atoms with E-state index in [2.05, 4.69) is 46.8 Å². The van der Waals surface area contributed by atoms with Gasteiger partial charge in [-0.15, -0.1) is 0 Å². The highest BCUT2D eigenvalue weighted by molar-refractivity contribution is 7.76. The van der Waals surface area contributed by atoms with Gasteiger partial charge in [0.25, 0.3) is 0 Å². The summed E-state index contributed by atoms with van der Waals surface area (Å²) in [6, 6.07) is 4.33. The molecule has 1 aromatic rings. The molecule has 1 aliphatic carbocycles. The highest BCUT2D eigenvalue weighted by atomic mass is 31.1. The molecular formula is C19H29OP. The van der Waals surface area contributed by atoms with E-state index in [1.165, 1.54) is 42.4 Å². The molecule has 2 unspecified atom stereocenters. The molecular weight excluding hydrogens is 275 g/mol. The first kappa shape index (κ1) is 16.7. The molecule has 0 N–H and O–H groups in total. The number of hydrogen-bond donors (Lipinski definition) is 0. The van der Waals surface area contributed by atoms with Crippen LogP contribution in [-0.4, -0.2) is 16.8 Å². The molecule has 1 saturated carbocycles. The molecule has 21 heavy (non-hydrogen) atoms. The van der Waals surface area contributed by atoms with Gasteiger partial charge >= 0.3 is 0 Å². The van der Waals surface area contributed by atoms with Crippen molar-refractivity contribution >= 4 is 13.4 Å². The van der Waals surface area contributed by atoms with E-state index in [1.807, 2.05) is 0 Å². The van der Waals surface area contributed by atoms with E-state index in [1.54, 1.807) is 0 Å². The first-order chi connectivity index (χ1) is 9.95. The van der Waals surface area contributed by atoms with Crippen LogP contribution >= 0.6 is 7.92 Å². The second kappa shape index (κ2) is 7.05. The molecule has 0 bridgehead atoms. The molecule has 0 radical (unpaired) electrons. The van der Waals surface area contributed by atoms with Crippen molar-refractivity contribution in [2.24, 2.45) is 0 Å². The molecule has 116 valence electrons. The SMILES string of the molecule is CCC(C)P(C(=O)c1c(C)cc(C)cc1C)C1CCCC1. The zero-order valence-corrected chi connectivity index (χ0v) is 15.1. The van der Waals surface area contributed by atoms with Crippen LogP contribution in [0.1, 0.15) is 73.0 Å². The maximum atomic E-state index is 13.3. The third-order valence-electron chi connectivity index (χ3n) is 4.91. The van der Waals surface area contributed by atoms with Crippen molar-refractivity contribution in [1.82, 2.24) is 0 Å². The molecule has 0 aliphatic heterocycles. The van der Waals surface area contributed by atoms with E-state index in [0.29, 0.717) is 16.8 Å². The molecule has 2 atom stereocenters. The zero-order chi connectivity index (χ0) is 15.6. The lowest BCUT2D eigenvalue weighted by Crippen LogP contribution is -2.18. The number of rotatable bonds is 5. The van der Waals surface area contributed by atoms with Crippen molar-refractivity contribution in [3.63, 3.8) is 0 Å². The Labute approximate surface area is 131 Å². The predicted molar refractivity (Wildman–Crippen MR) is 93.9 cm³/mol. The molecule has 0 amide bonds. The van der Waals surface area contributed by atoms with E-state index in [0.717, 1.165) is 12.0 Å². The summed E-state index contributed by atoms with van der Waals surface area (Å²) in [7, 11) is -0.542. The Kier molecular flexibility index (Phi) is 5.60. The minimum atomic E-state index is -0.542. The summed E-state index contributed by atoms with van der Waals surface area (Å²) in [4.78, 5) is 13.3. The van der Waals surface area contributed by atoms with E-state index in [9.17, 15) is 4.79 Å². The van der Waals surface area contributed by atoms with Gasteiger partial charge in [0.1, 0.15) is 0 Å². The molecule has 1 fully saturated rings. The van der Waals surface area contributed by atoms with Crippen molar-refractivity contribution in [1.29, 1.82) is 0 Å². The van der Waals surface area contributed by atoms with Crippen molar-refractivity contribution in [2.45, 2.75) is 78.0 Å². The van der Waals surface area contributed by atoms with Gasteiger partial charge in [0.05, 0.1) is 0 Å². The first-order valence-electron chi connectivity index (χ1n) is 8.36. The summed E-state index contributed by atoms with van der Waals surface area (Å²) >= 11 is 0. The fourth-order valence-corrected chi connectivity index (χ4v) is 7.13. The number of aryl methyl sites for hydroxylation is 3. The van der Waals surface area contributed by atoms with Crippen LogP contribution in [0.15, 0.2) is 12.1 Å². The average molecular weight is 304 g/mol. The zero-order valence-electron chi connectivity index (χ0n) is 14.2. The van der Waals surface area contributed by atoms with Gasteiger partial charge in [0, 0.05) is 5.56 Å². The molecule has 1 aromatic carbocycles. The van der Waals surface area contributed by atoms with Gasteiger partial charge in [-0.2, -0.15) is 0 Å². The standard InChI is InChI=1S/C19H29OP/c1-6-16(5)21(17-9-7-8-10-17)19(20)18-14(3)11-13(2)12-15(18)4/h11-12,16-17H,6-10H2,1-5H3. The highest BCUT2D eigenvalue weighted by Gasteiger charge is 2.35. The minimum Gasteiger partial charge on any atom is -0.289 e. The Morgan fingerprint density at radius 2 is 1.71 bits per heavy atom. The van der Waals surface area contributed by atoms with Crippen LogP contribution < -0.4 is 0 Å². The number of hydrogen-bond acceptors (Lipinski definition) is 1. The van der Waals surface area contributed by atoms with Crippen LogP contribution in [0.3, 0.4) is 0 Å². The first-order valence-corrected chi connectivity index (χ1v) is 9.84. The molecule has 0 saturated heterocycles. The normalized spacial score (nSPS) is 18.7. The lowest BCUT2D eigenvalue weighted by molar-refractivity contribution is 0.107. The molecule has 1 nitrogen and oxygen atoms in total. The summed E-state index contributed by atoms with van der Waals surface area (Å²) in [5.41, 5.74) is 6.33. The lowest BCUT2D eigenvalue weighted by Gasteiger charge is -2.29. The van der Waals surface area contributed by atoms with E-state index < -0.39 is 7.92 Å². The average Bonchev–Trinajstić information content (AvgIpc) is 2.91. The molecule has 0 aromatic heterocycles. The molecule has 1 aliphatic rings. The molecule has 2 rings (SSSR count). The van der Waals surface area contributed by atoms with Gasteiger partial charge < -0.3 is 0 Å². The Hall–Kier alpha value is -0.680. The Bertz CT molecular complexity index is 491. The van der Waals surface area contributed by atoms with Crippen LogP contribution in [0.5, 0.6) is 0 Å². The van der Waals surface area contributed by atoms with E-state index >= 15 is 0 Å². The summed E-state index contributed by atoms with van der Waals surface area (Å²) in [6.45, 7) is 10.8. The van der Waals surface area contributed by atoms with Gasteiger partial charge in [0.2, 0.25) is 0 Å². The topological polar surface area (TPSA) is 17.1 Å². The predicted octanol–water partition coefficient (Wildman–Crippen LogP) is 5.98. The van der Waals surface area contributed by atoms with Crippen LogP contribution in [0.2, 0.25) is 0 Å². The number of benzene rings is 1. The summed E-state index contributed by atoms with van der Waals surface area (Å²) in [6.07, 6.45) is 6.30. The molecule has 0 spiro atoms. The Morgan fingerprint density at radius 1 is 1.19 bits per heavy atom. The monoisotopic (exact) mass is 304 g/mol. The van der Waals surface area contributed by atoms with Crippen molar-refractivity contribution in [2.75, 3.05) is 0 Å². The van der Waals surface area contributed by atoms with E-state index in [4.69, 9.17) is 0 Å². The fraction of sp³-hybridized carbons (Fsp3) is 0.632. The summed E-state index contributed by atoms with van der Waals surface area (Å²) < 4.78 is 0. The number of carbonyl (C=O) groups excluding carboxylic acids is 1. The van der Waals surface area contributed by atoms with Gasteiger partial charge in [-0.3, -0.25) is 4.79 Å². The van der Waals surface area contributed by atoms with Crippen molar-refractivity contribution in [3.8, 4) is 0 Å². The minimum absolute atomic E-state index is 0.473. The number of carbonyl (C=O) groups is 1. The van der Waals surface area contributed by atoms with Crippen LogP contribution in [0.4, 0.5) is 0 Å². The third-order valence-corrected chi connectivity index (χ3v) is 8.22. The van der Waals surface area contributed by atoms with Crippen LogP contribution in [-0.2, 0) is 0 Å². The second-order valence-electron chi connectivity index (χ2n) is 6.68. The lowest BCUT2D eigenvalue weighted by atomic mass is 10.0. The van der Waals surface area contributed by atoms with Crippen molar-refractivity contribution in [3.05, 3.63) is 34.4 Å². The second-order valence-corrected chi connectivity index (χ2v) is 9.51. The summed E-state index contributed by atoms with van der Waals surface area (Å²) in [5.74, 6) is 0. The Morgan fingerprint density at radius 3 is 2.19 bits per heavy atom. The van der Waals surface area contributed by atoms with Gasteiger partial charge in [0.15, 0.2) is 5.52 Å². The molecule has 0 heterocycles. The maximum absolute atomic E-state index is 13.3. The van der Waals surface area contributed by atoms with Crippen LogP contribution in [0.25, 0.3) is 0 Å². The quantitative estimate of drug-likeness (QED) is 0.612. The Balaban J connectivity index is 2.38. The van der Waals surface area contributed by atoms with Gasteiger partial charge in [-0.25, -0.2) is 0 Å². The third kappa shape index (κ3) is 3.57. The summed E-state index contributed by atoms with van der Waals surface area (Å²) in [5, 5.41) is 0. The highest BCUT2D eigenvalue weighted by Crippen LogP contribution is 2.56. The van der Waals surface area contributed by atoms with Gasteiger partial charge in [-0.1, -0.05) is 44.4 Å². The smallest absolute Gasteiger partial charge is 0.185 e. The van der Waals surface area contributed by atoms with E-state index in [-0.39, 0.29) is 0 Å². The maximum Gasteiger partial charge on any atom is 0.185 e. The van der Waals surface area contributed by atoms with Crippen molar-refractivity contribution < 1.29 is 4.79 Å². The van der Waals surface area contributed by atoms with Gasteiger partial charge in [-0.05, 0) is 70.4 Å². The van der Waals surface area contributed by atoms with Crippen LogP contribution in [0, 0.1) is 20.8 Å². The largest absolute Gasteiger partial charge is 0.289 e. The molecule has 2 heteroatoms.